The van der Waals surface area contributed by atoms with E-state index in [1.54, 1.807) is 0 Å². The summed E-state index contributed by atoms with van der Waals surface area (Å²) in [6, 6.07) is -0.0984. The van der Waals surface area contributed by atoms with Crippen molar-refractivity contribution in [1.29, 1.82) is 0 Å². The van der Waals surface area contributed by atoms with E-state index < -0.39 is 10.2 Å². The molecule has 2 rings (SSSR count). The average molecular weight is 192 g/mol. The molecule has 5 nitrogen and oxygen atoms in total. The molecule has 6 heteroatoms. The molecule has 2 saturated heterocycles. The molecule has 3 atom stereocenters. The van der Waals surface area contributed by atoms with Gasteiger partial charge in [-0.25, -0.2) is 5.14 Å². The van der Waals surface area contributed by atoms with E-state index in [-0.39, 0.29) is 18.2 Å². The van der Waals surface area contributed by atoms with Crippen LogP contribution in [-0.2, 0) is 14.9 Å². The van der Waals surface area contributed by atoms with Crippen LogP contribution in [0.3, 0.4) is 0 Å². The molecule has 2 heterocycles. The number of hydrogen-bond acceptors (Lipinski definition) is 3. The molecule has 0 aromatic rings. The summed E-state index contributed by atoms with van der Waals surface area (Å²) < 4.78 is 29.2. The molecule has 0 spiro atoms. The first-order chi connectivity index (χ1) is 5.54. The molecule has 70 valence electrons. The van der Waals surface area contributed by atoms with Gasteiger partial charge >= 0.3 is 0 Å². The summed E-state index contributed by atoms with van der Waals surface area (Å²) in [4.78, 5) is 0. The maximum absolute atomic E-state index is 10.7. The van der Waals surface area contributed by atoms with E-state index in [9.17, 15) is 8.42 Å². The van der Waals surface area contributed by atoms with E-state index in [2.05, 4.69) is 4.72 Å². The van der Waals surface area contributed by atoms with Crippen LogP contribution in [0.25, 0.3) is 0 Å². The van der Waals surface area contributed by atoms with Crippen molar-refractivity contribution in [1.82, 2.24) is 4.72 Å². The first kappa shape index (κ1) is 8.43. The largest absolute Gasteiger partial charge is 0.373 e. The van der Waals surface area contributed by atoms with Crippen LogP contribution in [0.4, 0.5) is 0 Å². The Labute approximate surface area is 71.5 Å². The fraction of sp³-hybridized carbons (Fsp3) is 1.00. The number of ether oxygens (including phenoxy) is 1. The molecule has 0 aromatic heterocycles. The second-order valence-electron chi connectivity index (χ2n) is 3.38. The van der Waals surface area contributed by atoms with Crippen molar-refractivity contribution in [2.45, 2.75) is 37.5 Å². The van der Waals surface area contributed by atoms with Crippen molar-refractivity contribution in [2.24, 2.45) is 5.14 Å². The Hall–Kier alpha value is -0.170. The summed E-state index contributed by atoms with van der Waals surface area (Å²) in [6.45, 7) is 0. The molecule has 0 amide bonds. The zero-order valence-electron chi connectivity index (χ0n) is 6.56. The molecule has 3 N–H and O–H groups in total. The van der Waals surface area contributed by atoms with Gasteiger partial charge in [0.25, 0.3) is 10.2 Å². The third-order valence-corrected chi connectivity index (χ3v) is 3.05. The Bertz CT molecular complexity index is 277. The van der Waals surface area contributed by atoms with Crippen LogP contribution < -0.4 is 9.86 Å². The van der Waals surface area contributed by atoms with E-state index in [0.29, 0.717) is 0 Å². The van der Waals surface area contributed by atoms with E-state index in [0.717, 1.165) is 19.3 Å². The van der Waals surface area contributed by atoms with Crippen LogP contribution in [0.15, 0.2) is 0 Å². The Balaban J connectivity index is 2.00. The maximum atomic E-state index is 10.7. The molecule has 2 aliphatic rings. The Kier molecular flexibility index (Phi) is 1.87. The van der Waals surface area contributed by atoms with Gasteiger partial charge in [0.1, 0.15) is 0 Å². The van der Waals surface area contributed by atoms with Gasteiger partial charge in [-0.05, 0) is 19.3 Å². The van der Waals surface area contributed by atoms with Crippen molar-refractivity contribution in [3.8, 4) is 0 Å². The van der Waals surface area contributed by atoms with Crippen LogP contribution in [0.2, 0.25) is 0 Å². The molecule has 12 heavy (non-hydrogen) atoms. The predicted octanol–water partition coefficient (Wildman–Crippen LogP) is -0.901. The van der Waals surface area contributed by atoms with Gasteiger partial charge in [-0.15, -0.1) is 0 Å². The van der Waals surface area contributed by atoms with Gasteiger partial charge in [0, 0.05) is 0 Å². The van der Waals surface area contributed by atoms with Gasteiger partial charge in [0.15, 0.2) is 0 Å². The lowest BCUT2D eigenvalue weighted by Gasteiger charge is -2.17. The van der Waals surface area contributed by atoms with Crippen LogP contribution in [-0.4, -0.2) is 26.7 Å². The van der Waals surface area contributed by atoms with E-state index >= 15 is 0 Å². The first-order valence-corrected chi connectivity index (χ1v) is 5.55. The van der Waals surface area contributed by atoms with Crippen LogP contribution in [0.1, 0.15) is 19.3 Å². The van der Waals surface area contributed by atoms with E-state index in [1.807, 2.05) is 0 Å². The van der Waals surface area contributed by atoms with Crippen LogP contribution >= 0.6 is 0 Å². The minimum atomic E-state index is -3.56. The van der Waals surface area contributed by atoms with Crippen LogP contribution in [0.5, 0.6) is 0 Å². The minimum absolute atomic E-state index is 0.0494. The molecular weight excluding hydrogens is 180 g/mol. The molecule has 0 radical (unpaired) electrons. The number of rotatable bonds is 2. The van der Waals surface area contributed by atoms with Crippen molar-refractivity contribution < 1.29 is 13.2 Å². The average Bonchev–Trinajstić information content (AvgIpc) is 2.42. The third kappa shape index (κ3) is 1.61. The molecule has 2 bridgehead atoms. The van der Waals surface area contributed by atoms with E-state index in [1.165, 1.54) is 0 Å². The number of nitrogens with two attached hydrogens (primary N) is 1. The summed E-state index contributed by atoms with van der Waals surface area (Å²) in [7, 11) is -3.56. The summed E-state index contributed by atoms with van der Waals surface area (Å²) in [5.74, 6) is 0. The highest BCUT2D eigenvalue weighted by atomic mass is 32.2. The second kappa shape index (κ2) is 2.66. The third-order valence-electron chi connectivity index (χ3n) is 2.42. The van der Waals surface area contributed by atoms with Gasteiger partial charge in [-0.2, -0.15) is 13.1 Å². The fourth-order valence-electron chi connectivity index (χ4n) is 1.97. The fourth-order valence-corrected chi connectivity index (χ4v) is 2.64. The molecule has 2 unspecified atom stereocenters. The van der Waals surface area contributed by atoms with Crippen molar-refractivity contribution in [3.63, 3.8) is 0 Å². The minimum Gasteiger partial charge on any atom is -0.373 e. The van der Waals surface area contributed by atoms with Gasteiger partial charge in [-0.3, -0.25) is 0 Å². The Morgan fingerprint density at radius 3 is 2.58 bits per heavy atom. The lowest BCUT2D eigenvalue weighted by Crippen LogP contribution is -2.44. The summed E-state index contributed by atoms with van der Waals surface area (Å²) in [6.07, 6.45) is 3.05. The molecule has 0 aliphatic carbocycles. The van der Waals surface area contributed by atoms with Gasteiger partial charge in [0.05, 0.1) is 18.2 Å². The predicted molar refractivity (Wildman–Crippen MR) is 42.5 cm³/mol. The highest BCUT2D eigenvalue weighted by Crippen LogP contribution is 2.34. The molecule has 2 fully saturated rings. The maximum Gasteiger partial charge on any atom is 0.274 e. The quantitative estimate of drug-likeness (QED) is 0.595. The zero-order chi connectivity index (χ0) is 8.77. The zero-order valence-corrected chi connectivity index (χ0v) is 7.38. The summed E-state index contributed by atoms with van der Waals surface area (Å²) >= 11 is 0. The first-order valence-electron chi connectivity index (χ1n) is 4.00. The topological polar surface area (TPSA) is 81.4 Å². The smallest absolute Gasteiger partial charge is 0.274 e. The molecule has 0 saturated carbocycles. The second-order valence-corrected chi connectivity index (χ2v) is 4.70. The summed E-state index contributed by atoms with van der Waals surface area (Å²) in [5.41, 5.74) is 0. The number of nitrogens with one attached hydrogen (secondary N) is 1. The van der Waals surface area contributed by atoms with Crippen LogP contribution in [0, 0.1) is 0 Å². The lowest BCUT2D eigenvalue weighted by atomic mass is 9.96. The number of fused-ring (bicyclic) bond motifs is 2. The Morgan fingerprint density at radius 1 is 1.42 bits per heavy atom. The highest BCUT2D eigenvalue weighted by Gasteiger charge is 2.41. The lowest BCUT2D eigenvalue weighted by molar-refractivity contribution is 0.0996. The van der Waals surface area contributed by atoms with Crippen molar-refractivity contribution >= 4 is 10.2 Å². The monoisotopic (exact) mass is 192 g/mol. The molecule has 0 aromatic carbocycles. The molecular formula is C6H12N2O3S. The summed E-state index contributed by atoms with van der Waals surface area (Å²) in [5, 5.41) is 4.85. The number of hydrogen-bond donors (Lipinski definition) is 2. The van der Waals surface area contributed by atoms with Gasteiger partial charge in [-0.1, -0.05) is 0 Å². The normalized spacial score (nSPS) is 40.6. The van der Waals surface area contributed by atoms with Gasteiger partial charge in [0.2, 0.25) is 0 Å². The van der Waals surface area contributed by atoms with Gasteiger partial charge < -0.3 is 4.74 Å². The Morgan fingerprint density at radius 2 is 2.17 bits per heavy atom. The highest BCUT2D eigenvalue weighted by molar-refractivity contribution is 7.87. The van der Waals surface area contributed by atoms with Crippen molar-refractivity contribution in [2.75, 3.05) is 0 Å². The standard InChI is InChI=1S/C6H12N2O3S/c7-12(9,10)8-5-3-4-1-2-6(5)11-4/h4-6,8H,1-3H2,(H2,7,9,10)/t4?,5-,6?/m0/s1. The molecule has 2 aliphatic heterocycles. The SMILES string of the molecule is NS(=O)(=O)N[C@H]1CC2CCC1O2. The van der Waals surface area contributed by atoms with E-state index in [4.69, 9.17) is 9.88 Å². The van der Waals surface area contributed by atoms with Crippen molar-refractivity contribution in [3.05, 3.63) is 0 Å².